The Bertz CT molecular complexity index is 1220. The maximum absolute atomic E-state index is 12.8. The van der Waals surface area contributed by atoms with E-state index in [0.29, 0.717) is 13.0 Å². The largest absolute Gasteiger partial charge is 0.416 e. The number of fused-ring (bicyclic) bond motifs is 1. The van der Waals surface area contributed by atoms with Crippen molar-refractivity contribution in [1.82, 2.24) is 15.3 Å². The highest BCUT2D eigenvalue weighted by Gasteiger charge is 2.30. The summed E-state index contributed by atoms with van der Waals surface area (Å²) in [7, 11) is 0. The van der Waals surface area contributed by atoms with Gasteiger partial charge in [0.15, 0.2) is 0 Å². The van der Waals surface area contributed by atoms with E-state index in [0.717, 1.165) is 39.9 Å². The molecule has 0 spiro atoms. The van der Waals surface area contributed by atoms with Gasteiger partial charge in [0.25, 0.3) is 0 Å². The van der Waals surface area contributed by atoms with Gasteiger partial charge in [-0.1, -0.05) is 30.3 Å². The zero-order valence-electron chi connectivity index (χ0n) is 16.3. The summed E-state index contributed by atoms with van der Waals surface area (Å²) in [5.74, 6) is 0. The van der Waals surface area contributed by atoms with E-state index in [2.05, 4.69) is 26.7 Å². The van der Waals surface area contributed by atoms with Crippen LogP contribution in [0.2, 0.25) is 0 Å². The molecule has 0 saturated heterocycles. The van der Waals surface area contributed by atoms with Crippen LogP contribution in [-0.2, 0) is 12.6 Å². The van der Waals surface area contributed by atoms with Gasteiger partial charge in [-0.15, -0.1) is 0 Å². The van der Waals surface area contributed by atoms with Crippen LogP contribution in [0.25, 0.3) is 22.2 Å². The van der Waals surface area contributed by atoms with Gasteiger partial charge in [0.1, 0.15) is 5.65 Å². The molecule has 2 heterocycles. The Labute approximate surface area is 176 Å². The van der Waals surface area contributed by atoms with E-state index in [-0.39, 0.29) is 5.69 Å². The summed E-state index contributed by atoms with van der Waals surface area (Å²) >= 11 is 0. The number of nitrogens with zero attached hydrogens (tertiary/aromatic N) is 1. The molecule has 0 atom stereocenters. The molecule has 31 heavy (non-hydrogen) atoms. The Morgan fingerprint density at radius 1 is 1.00 bits per heavy atom. The summed E-state index contributed by atoms with van der Waals surface area (Å²) in [5, 5.41) is 6.13. The van der Waals surface area contributed by atoms with Crippen LogP contribution in [-0.4, -0.2) is 22.5 Å². The molecule has 2 aromatic carbocycles. The van der Waals surface area contributed by atoms with Crippen LogP contribution in [0, 0.1) is 0 Å². The van der Waals surface area contributed by atoms with Crippen molar-refractivity contribution in [2.75, 3.05) is 11.9 Å². The number of halogens is 3. The number of aromatic amines is 1. The smallest absolute Gasteiger partial charge is 0.346 e. The second-order valence-corrected chi connectivity index (χ2v) is 7.05. The molecule has 158 valence electrons. The van der Waals surface area contributed by atoms with Crippen molar-refractivity contribution in [3.05, 3.63) is 84.2 Å². The number of benzene rings is 2. The quantitative estimate of drug-likeness (QED) is 0.390. The minimum atomic E-state index is -4.46. The van der Waals surface area contributed by atoms with E-state index in [1.54, 1.807) is 6.20 Å². The van der Waals surface area contributed by atoms with Crippen LogP contribution in [0.1, 0.15) is 11.1 Å². The molecule has 8 heteroatoms. The fourth-order valence-corrected chi connectivity index (χ4v) is 3.27. The molecule has 0 aliphatic heterocycles. The van der Waals surface area contributed by atoms with E-state index in [4.69, 9.17) is 0 Å². The van der Waals surface area contributed by atoms with Crippen molar-refractivity contribution in [2.24, 2.45) is 0 Å². The maximum atomic E-state index is 12.8. The Morgan fingerprint density at radius 3 is 2.68 bits per heavy atom. The molecule has 4 aromatic rings. The van der Waals surface area contributed by atoms with Gasteiger partial charge in [-0.2, -0.15) is 13.2 Å². The number of nitrogens with one attached hydrogen (secondary N) is 3. The van der Waals surface area contributed by atoms with Crippen molar-refractivity contribution < 1.29 is 18.0 Å². The first-order valence-electron chi connectivity index (χ1n) is 9.63. The van der Waals surface area contributed by atoms with Crippen LogP contribution in [0.4, 0.5) is 23.7 Å². The summed E-state index contributed by atoms with van der Waals surface area (Å²) in [6.07, 6.45) is -0.239. The highest BCUT2D eigenvalue weighted by Crippen LogP contribution is 2.30. The number of aromatic nitrogens is 2. The second-order valence-electron chi connectivity index (χ2n) is 7.05. The van der Waals surface area contributed by atoms with Crippen LogP contribution in [0.3, 0.4) is 0 Å². The number of carbonyl (C=O) groups is 1. The van der Waals surface area contributed by atoms with E-state index in [9.17, 15) is 18.0 Å². The summed E-state index contributed by atoms with van der Waals surface area (Å²) < 4.78 is 38.3. The van der Waals surface area contributed by atoms with Gasteiger partial charge in [-0.3, -0.25) is 0 Å². The fourth-order valence-electron chi connectivity index (χ4n) is 3.27. The third-order valence-corrected chi connectivity index (χ3v) is 4.81. The molecule has 0 aliphatic carbocycles. The average Bonchev–Trinajstić information content (AvgIpc) is 3.21. The van der Waals surface area contributed by atoms with Gasteiger partial charge in [-0.05, 0) is 47.9 Å². The first-order valence-corrected chi connectivity index (χ1v) is 9.63. The van der Waals surface area contributed by atoms with Crippen LogP contribution >= 0.6 is 0 Å². The molecule has 0 fully saturated rings. The van der Waals surface area contributed by atoms with E-state index < -0.39 is 17.8 Å². The van der Waals surface area contributed by atoms with Crippen LogP contribution in [0.5, 0.6) is 0 Å². The molecular formula is C23H19F3N4O. The average molecular weight is 424 g/mol. The number of alkyl halides is 3. The van der Waals surface area contributed by atoms with E-state index in [1.165, 1.54) is 12.1 Å². The standard InChI is InChI=1S/C23H19F3N4O/c24-23(25,26)19-5-2-6-20(13-19)30-22(31)28-9-7-15-3-1-4-16(11-15)18-12-17-8-10-27-21(17)29-14-18/h1-6,8,10-14H,7,9H2,(H,27,29)(H2,28,30,31). The highest BCUT2D eigenvalue weighted by atomic mass is 19.4. The number of urea groups is 1. The van der Waals surface area contributed by atoms with Crippen LogP contribution in [0.15, 0.2) is 73.1 Å². The number of H-pyrrole nitrogens is 1. The van der Waals surface area contributed by atoms with Crippen molar-refractivity contribution in [2.45, 2.75) is 12.6 Å². The Hall–Kier alpha value is -3.81. The van der Waals surface area contributed by atoms with Crippen molar-refractivity contribution in [3.8, 4) is 11.1 Å². The second kappa shape index (κ2) is 8.51. The number of anilines is 1. The van der Waals surface area contributed by atoms with Gasteiger partial charge in [0.2, 0.25) is 0 Å². The van der Waals surface area contributed by atoms with Crippen molar-refractivity contribution in [3.63, 3.8) is 0 Å². The lowest BCUT2D eigenvalue weighted by molar-refractivity contribution is -0.137. The molecule has 3 N–H and O–H groups in total. The van der Waals surface area contributed by atoms with E-state index in [1.807, 2.05) is 36.5 Å². The minimum Gasteiger partial charge on any atom is -0.346 e. The molecule has 0 aliphatic rings. The van der Waals surface area contributed by atoms with E-state index >= 15 is 0 Å². The number of rotatable bonds is 5. The number of hydrogen-bond donors (Lipinski definition) is 3. The summed E-state index contributed by atoms with van der Waals surface area (Å²) in [5.41, 5.74) is 3.13. The monoisotopic (exact) mass is 424 g/mol. The molecule has 4 rings (SSSR count). The SMILES string of the molecule is O=C(NCCc1cccc(-c2cnc3[nH]ccc3c2)c1)Nc1cccc(C(F)(F)F)c1. The molecule has 2 amide bonds. The summed E-state index contributed by atoms with van der Waals surface area (Å²) in [4.78, 5) is 19.5. The maximum Gasteiger partial charge on any atom is 0.416 e. The van der Waals surface area contributed by atoms with Gasteiger partial charge < -0.3 is 15.6 Å². The first kappa shape index (κ1) is 20.5. The molecule has 0 saturated carbocycles. The molecular weight excluding hydrogens is 405 g/mol. The summed E-state index contributed by atoms with van der Waals surface area (Å²) in [6.45, 7) is 0.337. The summed E-state index contributed by atoms with van der Waals surface area (Å²) in [6, 6.07) is 15.9. The Morgan fingerprint density at radius 2 is 1.84 bits per heavy atom. The minimum absolute atomic E-state index is 0.0852. The fraction of sp³-hybridized carbons (Fsp3) is 0.130. The van der Waals surface area contributed by atoms with Gasteiger partial charge in [0.05, 0.1) is 5.56 Å². The molecule has 0 unspecified atom stereocenters. The van der Waals surface area contributed by atoms with Gasteiger partial charge >= 0.3 is 12.2 Å². The molecule has 0 bridgehead atoms. The predicted molar refractivity (Wildman–Crippen MR) is 114 cm³/mol. The number of amides is 2. The van der Waals surface area contributed by atoms with Crippen LogP contribution < -0.4 is 10.6 Å². The molecule has 2 aromatic heterocycles. The lowest BCUT2D eigenvalue weighted by atomic mass is 10.0. The normalized spacial score (nSPS) is 11.5. The van der Waals surface area contributed by atoms with Crippen molar-refractivity contribution >= 4 is 22.8 Å². The first-order chi connectivity index (χ1) is 14.9. The number of hydrogen-bond acceptors (Lipinski definition) is 2. The zero-order valence-corrected chi connectivity index (χ0v) is 16.3. The Balaban J connectivity index is 1.34. The number of carbonyl (C=O) groups excluding carboxylic acids is 1. The molecule has 5 nitrogen and oxygen atoms in total. The predicted octanol–water partition coefficient (Wildman–Crippen LogP) is 5.61. The lowest BCUT2D eigenvalue weighted by Gasteiger charge is -2.11. The number of pyridine rings is 1. The third-order valence-electron chi connectivity index (χ3n) is 4.81. The van der Waals surface area contributed by atoms with Crippen molar-refractivity contribution in [1.29, 1.82) is 0 Å². The third kappa shape index (κ3) is 5.03. The van der Waals surface area contributed by atoms with Gasteiger partial charge in [0, 0.05) is 35.6 Å². The Kier molecular flexibility index (Phi) is 5.62. The zero-order chi connectivity index (χ0) is 21.8. The lowest BCUT2D eigenvalue weighted by Crippen LogP contribution is -2.30. The van der Waals surface area contributed by atoms with Gasteiger partial charge in [-0.25, -0.2) is 9.78 Å². The highest BCUT2D eigenvalue weighted by molar-refractivity contribution is 5.89. The topological polar surface area (TPSA) is 69.8 Å². The molecule has 0 radical (unpaired) electrons.